The maximum absolute atomic E-state index is 13.3. The Bertz CT molecular complexity index is 657. The molecule has 176 valence electrons. The van der Waals surface area contributed by atoms with E-state index < -0.39 is 5.97 Å². The molecule has 4 rings (SSSR count). The van der Waals surface area contributed by atoms with E-state index in [4.69, 9.17) is 23.2 Å². The number of carboxylic acid groups (broad SMARTS) is 1. The van der Waals surface area contributed by atoms with Crippen molar-refractivity contribution in [3.05, 3.63) is 0 Å². The number of hydrogen-bond donors (Lipinski definition) is 4. The van der Waals surface area contributed by atoms with Crippen LogP contribution in [0.25, 0.3) is 0 Å². The van der Waals surface area contributed by atoms with Crippen LogP contribution in [0.4, 0.5) is 0 Å². The van der Waals surface area contributed by atoms with Crippen LogP contribution in [-0.4, -0.2) is 57.6 Å². The van der Waals surface area contributed by atoms with Crippen LogP contribution in [-0.2, 0) is 9.59 Å². The summed E-state index contributed by atoms with van der Waals surface area (Å²) in [4.78, 5) is 25.1. The van der Waals surface area contributed by atoms with Gasteiger partial charge in [-0.3, -0.25) is 14.9 Å². The van der Waals surface area contributed by atoms with Crippen LogP contribution < -0.4 is 16.0 Å². The lowest BCUT2D eigenvalue weighted by molar-refractivity contribution is -0.147. The molecule has 0 aromatic heterocycles. The highest BCUT2D eigenvalue weighted by Crippen LogP contribution is 2.40. The number of hydrogen-bond acceptors (Lipinski definition) is 5. The third-order valence-corrected chi connectivity index (χ3v) is 9.87. The minimum absolute atomic E-state index is 0.00282. The van der Waals surface area contributed by atoms with Crippen LogP contribution in [0.2, 0.25) is 0 Å². The first-order valence-electron chi connectivity index (χ1n) is 11.9. The number of carboxylic acids is 1. The second-order valence-corrected chi connectivity index (χ2v) is 12.0. The Labute approximate surface area is 199 Å². The molecule has 0 aromatic rings. The van der Waals surface area contributed by atoms with Crippen molar-refractivity contribution in [1.82, 2.24) is 16.0 Å². The minimum atomic E-state index is -0.701. The predicted molar refractivity (Wildman–Crippen MR) is 126 cm³/mol. The van der Waals surface area contributed by atoms with Crippen LogP contribution in [0, 0.1) is 23.7 Å². The number of piperidine rings is 1. The van der Waals surface area contributed by atoms with Gasteiger partial charge in [-0.15, -0.1) is 35.0 Å². The first kappa shape index (κ1) is 23.9. The maximum atomic E-state index is 13.3. The van der Waals surface area contributed by atoms with Crippen molar-refractivity contribution in [3.63, 3.8) is 0 Å². The molecule has 2 heterocycles. The Morgan fingerprint density at radius 3 is 2.52 bits per heavy atom. The van der Waals surface area contributed by atoms with Gasteiger partial charge in [0.15, 0.2) is 0 Å². The molecule has 31 heavy (non-hydrogen) atoms. The SMILES string of the molecule is O=C(O)C1CCCCC1C1CCCNC1C(=O)NC1NC(C2CCC(Cl)CC2Cl)CS1. The van der Waals surface area contributed by atoms with Crippen molar-refractivity contribution >= 4 is 46.8 Å². The van der Waals surface area contributed by atoms with Crippen molar-refractivity contribution in [2.24, 2.45) is 23.7 Å². The topological polar surface area (TPSA) is 90.5 Å². The Morgan fingerprint density at radius 1 is 0.968 bits per heavy atom. The van der Waals surface area contributed by atoms with Gasteiger partial charge in [-0.2, -0.15) is 0 Å². The summed E-state index contributed by atoms with van der Waals surface area (Å²) in [6.45, 7) is 0.808. The van der Waals surface area contributed by atoms with Crippen molar-refractivity contribution in [1.29, 1.82) is 0 Å². The highest BCUT2D eigenvalue weighted by Gasteiger charge is 2.44. The summed E-state index contributed by atoms with van der Waals surface area (Å²) in [5.74, 6) is 0.444. The van der Waals surface area contributed by atoms with Crippen molar-refractivity contribution in [3.8, 4) is 0 Å². The number of amides is 1. The van der Waals surface area contributed by atoms with E-state index in [1.165, 1.54) is 0 Å². The molecule has 6 nitrogen and oxygen atoms in total. The van der Waals surface area contributed by atoms with E-state index in [0.717, 1.165) is 70.1 Å². The van der Waals surface area contributed by atoms with Crippen molar-refractivity contribution < 1.29 is 14.7 Å². The molecule has 2 aliphatic carbocycles. The molecular weight excluding hydrogens is 457 g/mol. The van der Waals surface area contributed by atoms with Gasteiger partial charge in [-0.05, 0) is 69.2 Å². The summed E-state index contributed by atoms with van der Waals surface area (Å²) in [5.41, 5.74) is -0.124. The normalized spacial score (nSPS) is 44.0. The minimum Gasteiger partial charge on any atom is -0.481 e. The van der Waals surface area contributed by atoms with E-state index in [-0.39, 0.29) is 52.0 Å². The Morgan fingerprint density at radius 2 is 1.74 bits per heavy atom. The zero-order valence-corrected chi connectivity index (χ0v) is 20.2. The number of carbonyl (C=O) groups is 2. The van der Waals surface area contributed by atoms with Crippen molar-refractivity contribution in [2.45, 2.75) is 86.1 Å². The Hall–Kier alpha value is -0.210. The summed E-state index contributed by atoms with van der Waals surface area (Å²) in [5, 5.41) is 20.2. The molecule has 0 spiro atoms. The first-order valence-corrected chi connectivity index (χ1v) is 13.8. The lowest BCUT2D eigenvalue weighted by atomic mass is 9.67. The predicted octanol–water partition coefficient (Wildman–Crippen LogP) is 3.37. The number of alkyl halides is 2. The van der Waals surface area contributed by atoms with E-state index in [1.54, 1.807) is 11.8 Å². The van der Waals surface area contributed by atoms with Crippen LogP contribution in [0.3, 0.4) is 0 Å². The quantitative estimate of drug-likeness (QED) is 0.440. The number of aliphatic carboxylic acids is 1. The standard InChI is InChI=1S/C22H35Cl2N3O3S/c23-12-7-8-16(17(24)10-12)18-11-31-22(26-18)27-20(28)19-14(6-3-9-25-19)13-4-1-2-5-15(13)21(29)30/h12-19,22,25-26H,1-11H2,(H,27,28)(H,29,30). The van der Waals surface area contributed by atoms with Crippen molar-refractivity contribution in [2.75, 3.05) is 12.3 Å². The van der Waals surface area contributed by atoms with Gasteiger partial charge in [0.2, 0.25) is 5.91 Å². The Balaban J connectivity index is 1.35. The average molecular weight is 493 g/mol. The van der Waals surface area contributed by atoms with Gasteiger partial charge in [0.25, 0.3) is 0 Å². The molecule has 9 atom stereocenters. The molecule has 0 aromatic carbocycles. The van der Waals surface area contributed by atoms with E-state index >= 15 is 0 Å². The van der Waals surface area contributed by atoms with Crippen LogP contribution in [0.5, 0.6) is 0 Å². The number of halogens is 2. The monoisotopic (exact) mass is 491 g/mol. The van der Waals surface area contributed by atoms with Crippen LogP contribution >= 0.6 is 35.0 Å². The fourth-order valence-corrected chi connectivity index (χ4v) is 8.36. The highest BCUT2D eigenvalue weighted by molar-refractivity contribution is 8.00. The number of nitrogens with one attached hydrogen (secondary N) is 3. The summed E-state index contributed by atoms with van der Waals surface area (Å²) in [6.07, 6.45) is 8.45. The van der Waals surface area contributed by atoms with Gasteiger partial charge in [0, 0.05) is 22.5 Å². The molecule has 4 N–H and O–H groups in total. The lowest BCUT2D eigenvalue weighted by Gasteiger charge is -2.41. The molecule has 2 aliphatic heterocycles. The molecule has 0 radical (unpaired) electrons. The van der Waals surface area contributed by atoms with E-state index in [2.05, 4.69) is 16.0 Å². The van der Waals surface area contributed by atoms with Gasteiger partial charge in [-0.25, -0.2) is 0 Å². The molecule has 4 aliphatic rings. The zero-order valence-electron chi connectivity index (χ0n) is 17.9. The summed E-state index contributed by atoms with van der Waals surface area (Å²) in [6, 6.07) is -0.0283. The molecular formula is C22H35Cl2N3O3S. The zero-order chi connectivity index (χ0) is 22.0. The fraction of sp³-hybridized carbons (Fsp3) is 0.909. The second-order valence-electron chi connectivity index (χ2n) is 9.72. The summed E-state index contributed by atoms with van der Waals surface area (Å²) < 4.78 is 0. The van der Waals surface area contributed by atoms with E-state index in [0.29, 0.717) is 5.92 Å². The molecule has 2 saturated carbocycles. The van der Waals surface area contributed by atoms with Gasteiger partial charge in [0.1, 0.15) is 5.50 Å². The van der Waals surface area contributed by atoms with Gasteiger partial charge >= 0.3 is 5.97 Å². The third kappa shape index (κ3) is 5.65. The molecule has 0 bridgehead atoms. The van der Waals surface area contributed by atoms with Gasteiger partial charge in [0.05, 0.1) is 12.0 Å². The molecule has 1 amide bonds. The van der Waals surface area contributed by atoms with E-state index in [9.17, 15) is 14.7 Å². The number of carbonyl (C=O) groups excluding carboxylic acids is 1. The second kappa shape index (κ2) is 10.8. The lowest BCUT2D eigenvalue weighted by Crippen LogP contribution is -2.58. The largest absolute Gasteiger partial charge is 0.481 e. The molecule has 4 fully saturated rings. The maximum Gasteiger partial charge on any atom is 0.306 e. The first-order chi connectivity index (χ1) is 14.9. The molecule has 2 saturated heterocycles. The summed E-state index contributed by atoms with van der Waals surface area (Å²) >= 11 is 14.6. The highest BCUT2D eigenvalue weighted by atomic mass is 35.5. The van der Waals surface area contributed by atoms with E-state index in [1.807, 2.05) is 0 Å². The van der Waals surface area contributed by atoms with Gasteiger partial charge < -0.3 is 15.7 Å². The number of rotatable bonds is 5. The summed E-state index contributed by atoms with van der Waals surface area (Å²) in [7, 11) is 0. The molecule has 9 unspecified atom stereocenters. The average Bonchev–Trinajstić information content (AvgIpc) is 3.21. The third-order valence-electron chi connectivity index (χ3n) is 7.83. The van der Waals surface area contributed by atoms with Crippen LogP contribution in [0.15, 0.2) is 0 Å². The smallest absolute Gasteiger partial charge is 0.306 e. The number of thioether (sulfide) groups is 1. The van der Waals surface area contributed by atoms with Gasteiger partial charge in [-0.1, -0.05) is 12.8 Å². The Kier molecular flexibility index (Phi) is 8.35. The van der Waals surface area contributed by atoms with Crippen LogP contribution in [0.1, 0.15) is 57.8 Å². The fourth-order valence-electron chi connectivity index (χ4n) is 6.22. The molecule has 9 heteroatoms.